The fourth-order valence-corrected chi connectivity index (χ4v) is 3.48. The number of aryl methyl sites for hydroxylation is 1. The highest BCUT2D eigenvalue weighted by atomic mass is 19.1. The maximum Gasteiger partial charge on any atom is 0.228 e. The summed E-state index contributed by atoms with van der Waals surface area (Å²) in [5.41, 5.74) is 3.86. The number of rotatable bonds is 8. The first-order valence-corrected chi connectivity index (χ1v) is 10.3. The van der Waals surface area contributed by atoms with Crippen LogP contribution in [0.5, 0.6) is 5.75 Å². The van der Waals surface area contributed by atoms with Crippen LogP contribution in [0, 0.1) is 19.7 Å². The van der Waals surface area contributed by atoms with Gasteiger partial charge in [-0.2, -0.15) is 10.2 Å². The fourth-order valence-electron chi connectivity index (χ4n) is 3.48. The maximum atomic E-state index is 13.2. The van der Waals surface area contributed by atoms with E-state index in [1.165, 1.54) is 12.1 Å². The molecule has 0 unspecified atom stereocenters. The van der Waals surface area contributed by atoms with Gasteiger partial charge in [-0.25, -0.2) is 9.07 Å². The minimum absolute atomic E-state index is 0.149. The monoisotopic (exact) mass is 433 g/mol. The van der Waals surface area contributed by atoms with Crippen LogP contribution in [-0.4, -0.2) is 32.1 Å². The zero-order valence-corrected chi connectivity index (χ0v) is 18.0. The lowest BCUT2D eigenvalue weighted by Crippen LogP contribution is -2.15. The van der Waals surface area contributed by atoms with E-state index in [0.29, 0.717) is 24.6 Å². The predicted octanol–water partition coefficient (Wildman–Crippen LogP) is 4.08. The first-order chi connectivity index (χ1) is 15.5. The van der Waals surface area contributed by atoms with Gasteiger partial charge in [0.2, 0.25) is 5.91 Å². The lowest BCUT2D eigenvalue weighted by Gasteiger charge is -2.10. The third-order valence-corrected chi connectivity index (χ3v) is 5.12. The Morgan fingerprint density at radius 3 is 2.69 bits per heavy atom. The summed E-state index contributed by atoms with van der Waals surface area (Å²) in [7, 11) is 0. The number of nitrogens with one attached hydrogen (secondary N) is 1. The van der Waals surface area contributed by atoms with Crippen LogP contribution in [0.4, 0.5) is 10.1 Å². The van der Waals surface area contributed by atoms with Crippen LogP contribution in [0.15, 0.2) is 67.0 Å². The lowest BCUT2D eigenvalue weighted by molar-refractivity contribution is -0.115. The molecule has 2 aromatic heterocycles. The quantitative estimate of drug-likeness (QED) is 0.454. The summed E-state index contributed by atoms with van der Waals surface area (Å²) in [5, 5.41) is 11.6. The van der Waals surface area contributed by atoms with E-state index >= 15 is 0 Å². The van der Waals surface area contributed by atoms with E-state index in [9.17, 15) is 9.18 Å². The summed E-state index contributed by atoms with van der Waals surface area (Å²) >= 11 is 0. The molecule has 2 heterocycles. The first-order valence-electron chi connectivity index (χ1n) is 10.3. The molecule has 0 saturated carbocycles. The smallest absolute Gasteiger partial charge is 0.228 e. The number of ether oxygens (including phenoxy) is 1. The molecule has 4 aromatic rings. The van der Waals surface area contributed by atoms with Gasteiger partial charge in [-0.05, 0) is 56.3 Å². The number of benzene rings is 2. The molecule has 0 radical (unpaired) electrons. The van der Waals surface area contributed by atoms with Gasteiger partial charge in [-0.1, -0.05) is 6.07 Å². The zero-order chi connectivity index (χ0) is 22.5. The van der Waals surface area contributed by atoms with Gasteiger partial charge in [0.1, 0.15) is 18.2 Å². The average Bonchev–Trinajstić information content (AvgIpc) is 3.38. The van der Waals surface area contributed by atoms with Crippen molar-refractivity contribution in [3.8, 4) is 11.4 Å². The number of halogens is 1. The third-order valence-electron chi connectivity index (χ3n) is 5.12. The molecular weight excluding hydrogens is 409 g/mol. The minimum atomic E-state index is -0.303. The molecule has 1 amide bonds. The maximum absolute atomic E-state index is 13.2. The Kier molecular flexibility index (Phi) is 6.30. The van der Waals surface area contributed by atoms with E-state index in [1.54, 1.807) is 33.8 Å². The highest BCUT2D eigenvalue weighted by Gasteiger charge is 2.16. The number of amides is 1. The van der Waals surface area contributed by atoms with Crippen molar-refractivity contribution in [1.82, 2.24) is 19.6 Å². The lowest BCUT2D eigenvalue weighted by atomic mass is 10.1. The van der Waals surface area contributed by atoms with Gasteiger partial charge in [0.25, 0.3) is 0 Å². The van der Waals surface area contributed by atoms with Gasteiger partial charge >= 0.3 is 0 Å². The molecule has 8 heteroatoms. The number of anilines is 1. The number of nitrogens with zero attached hydrogens (tertiary/aromatic N) is 4. The molecular formula is C24H24FN5O2. The van der Waals surface area contributed by atoms with Crippen molar-refractivity contribution in [2.75, 3.05) is 11.9 Å². The molecule has 32 heavy (non-hydrogen) atoms. The normalized spacial score (nSPS) is 10.8. The Morgan fingerprint density at radius 2 is 1.94 bits per heavy atom. The van der Waals surface area contributed by atoms with Crippen LogP contribution in [0.25, 0.3) is 5.69 Å². The van der Waals surface area contributed by atoms with Crippen molar-refractivity contribution in [2.24, 2.45) is 0 Å². The molecule has 0 atom stereocenters. The molecule has 164 valence electrons. The molecule has 0 saturated heterocycles. The topological polar surface area (TPSA) is 74.0 Å². The summed E-state index contributed by atoms with van der Waals surface area (Å²) in [6, 6.07) is 15.3. The number of carbonyl (C=O) groups is 1. The van der Waals surface area contributed by atoms with Crippen LogP contribution >= 0.6 is 0 Å². The van der Waals surface area contributed by atoms with Gasteiger partial charge in [-0.15, -0.1) is 0 Å². The number of hydrogen-bond acceptors (Lipinski definition) is 4. The second kappa shape index (κ2) is 9.47. The summed E-state index contributed by atoms with van der Waals surface area (Å²) in [4.78, 5) is 12.7. The van der Waals surface area contributed by atoms with Gasteiger partial charge in [0.05, 0.1) is 24.3 Å². The molecule has 0 aliphatic carbocycles. The molecule has 0 aliphatic rings. The van der Waals surface area contributed by atoms with Crippen molar-refractivity contribution in [3.05, 3.63) is 89.8 Å². The van der Waals surface area contributed by atoms with Crippen molar-refractivity contribution in [2.45, 2.75) is 26.8 Å². The Labute approximate surface area is 185 Å². The van der Waals surface area contributed by atoms with Gasteiger partial charge in [0, 0.05) is 35.4 Å². The Hall–Kier alpha value is -3.94. The molecule has 1 N–H and O–H groups in total. The SMILES string of the molecule is Cc1nn(-c2ccc(F)cc2)c(C)c1CC(=O)Nc1cccc(OCCn2cccn2)c1. The third kappa shape index (κ3) is 5.03. The number of hydrogen-bond donors (Lipinski definition) is 1. The van der Waals surface area contributed by atoms with Gasteiger partial charge in [0.15, 0.2) is 0 Å². The van der Waals surface area contributed by atoms with Crippen LogP contribution in [-0.2, 0) is 17.8 Å². The summed E-state index contributed by atoms with van der Waals surface area (Å²) in [6.07, 6.45) is 3.79. The van der Waals surface area contributed by atoms with E-state index in [1.807, 2.05) is 44.3 Å². The summed E-state index contributed by atoms with van der Waals surface area (Å²) in [6.45, 7) is 4.88. The van der Waals surface area contributed by atoms with Crippen molar-refractivity contribution in [1.29, 1.82) is 0 Å². The van der Waals surface area contributed by atoms with E-state index in [4.69, 9.17) is 4.74 Å². The van der Waals surface area contributed by atoms with Crippen LogP contribution in [0.3, 0.4) is 0 Å². The standard InChI is InChI=1S/C24H24FN5O2/c1-17-23(18(2)30(28-17)21-9-7-19(25)8-10-21)16-24(31)27-20-5-3-6-22(15-20)32-14-13-29-12-4-11-26-29/h3-12,15H,13-14,16H2,1-2H3,(H,27,31). The Morgan fingerprint density at radius 1 is 1.12 bits per heavy atom. The second-order valence-electron chi connectivity index (χ2n) is 7.41. The number of carbonyl (C=O) groups excluding carboxylic acids is 1. The van der Waals surface area contributed by atoms with Crippen molar-refractivity contribution < 1.29 is 13.9 Å². The Balaban J connectivity index is 1.39. The van der Waals surface area contributed by atoms with E-state index < -0.39 is 0 Å². The zero-order valence-electron chi connectivity index (χ0n) is 18.0. The molecule has 4 rings (SSSR count). The molecule has 0 spiro atoms. The molecule has 0 bridgehead atoms. The highest BCUT2D eigenvalue weighted by Crippen LogP contribution is 2.21. The Bertz CT molecular complexity index is 1200. The van der Waals surface area contributed by atoms with Gasteiger partial charge in [-0.3, -0.25) is 9.48 Å². The molecule has 7 nitrogen and oxygen atoms in total. The van der Waals surface area contributed by atoms with Crippen LogP contribution in [0.1, 0.15) is 17.0 Å². The highest BCUT2D eigenvalue weighted by molar-refractivity contribution is 5.92. The first kappa shape index (κ1) is 21.3. The average molecular weight is 433 g/mol. The summed E-state index contributed by atoms with van der Waals surface area (Å²) in [5.74, 6) is 0.220. The molecule has 0 aliphatic heterocycles. The van der Waals surface area contributed by atoms with Crippen LogP contribution < -0.4 is 10.1 Å². The van der Waals surface area contributed by atoms with Crippen molar-refractivity contribution in [3.63, 3.8) is 0 Å². The number of aromatic nitrogens is 4. The summed E-state index contributed by atoms with van der Waals surface area (Å²) < 4.78 is 22.5. The van der Waals surface area contributed by atoms with Gasteiger partial charge < -0.3 is 10.1 Å². The minimum Gasteiger partial charge on any atom is -0.492 e. The molecule has 2 aromatic carbocycles. The van der Waals surface area contributed by atoms with E-state index in [-0.39, 0.29) is 18.1 Å². The largest absolute Gasteiger partial charge is 0.492 e. The fraction of sp³-hybridized carbons (Fsp3) is 0.208. The predicted molar refractivity (Wildman–Crippen MR) is 119 cm³/mol. The van der Waals surface area contributed by atoms with Crippen molar-refractivity contribution >= 4 is 11.6 Å². The van der Waals surface area contributed by atoms with E-state index in [2.05, 4.69) is 15.5 Å². The van der Waals surface area contributed by atoms with Crippen LogP contribution in [0.2, 0.25) is 0 Å². The van der Waals surface area contributed by atoms with E-state index in [0.717, 1.165) is 22.6 Å². The molecule has 0 fully saturated rings. The second-order valence-corrected chi connectivity index (χ2v) is 7.41.